The first-order valence-electron chi connectivity index (χ1n) is 8.14. The van der Waals surface area contributed by atoms with Crippen LogP contribution in [0.15, 0.2) is 23.1 Å². The second kappa shape index (κ2) is 7.20. The molecule has 1 aromatic rings. The van der Waals surface area contributed by atoms with Crippen LogP contribution in [0.2, 0.25) is 0 Å². The fourth-order valence-corrected chi connectivity index (χ4v) is 4.72. The molecule has 2 rings (SSSR count). The van der Waals surface area contributed by atoms with Gasteiger partial charge in [-0.2, -0.15) is 4.31 Å². The summed E-state index contributed by atoms with van der Waals surface area (Å²) in [6.45, 7) is 2.18. The highest BCUT2D eigenvalue weighted by Crippen LogP contribution is 2.31. The number of nitrogens with zero attached hydrogens (tertiary/aromatic N) is 2. The summed E-state index contributed by atoms with van der Waals surface area (Å²) in [4.78, 5) is 2.28. The van der Waals surface area contributed by atoms with Gasteiger partial charge in [-0.05, 0) is 56.2 Å². The molecule has 0 heterocycles. The summed E-state index contributed by atoms with van der Waals surface area (Å²) in [5, 5.41) is 9.23. The number of rotatable bonds is 5. The summed E-state index contributed by atoms with van der Waals surface area (Å²) < 4.78 is 27.4. The van der Waals surface area contributed by atoms with Gasteiger partial charge >= 0.3 is 0 Å². The van der Waals surface area contributed by atoms with Crippen molar-refractivity contribution in [3.05, 3.63) is 23.8 Å². The molecule has 0 amide bonds. The summed E-state index contributed by atoms with van der Waals surface area (Å²) in [6.07, 6.45) is 3.40. The molecule has 1 aliphatic carbocycles. The van der Waals surface area contributed by atoms with Crippen LogP contribution in [-0.2, 0) is 10.0 Å². The number of hydrogen-bond donors (Lipinski definition) is 1. The molecule has 0 aliphatic heterocycles. The first-order chi connectivity index (χ1) is 10.8. The Labute approximate surface area is 140 Å². The Morgan fingerprint density at radius 3 is 2.26 bits per heavy atom. The number of aryl methyl sites for hydroxylation is 1. The molecule has 0 bridgehead atoms. The van der Waals surface area contributed by atoms with E-state index in [0.29, 0.717) is 10.8 Å². The van der Waals surface area contributed by atoms with E-state index in [2.05, 4.69) is 0 Å². The number of anilines is 1. The van der Waals surface area contributed by atoms with Crippen molar-refractivity contribution < 1.29 is 13.5 Å². The van der Waals surface area contributed by atoms with Crippen molar-refractivity contribution >= 4 is 15.7 Å². The average molecular weight is 340 g/mol. The SMILES string of the molecule is Cc1ccc(S(=O)(=O)N(C)C2CCC(CO)CC2)cc1N(C)C. The van der Waals surface area contributed by atoms with Gasteiger partial charge in [0, 0.05) is 39.5 Å². The maximum absolute atomic E-state index is 12.9. The van der Waals surface area contributed by atoms with Crippen molar-refractivity contribution in [2.24, 2.45) is 5.92 Å². The van der Waals surface area contributed by atoms with Gasteiger partial charge in [0.1, 0.15) is 0 Å². The van der Waals surface area contributed by atoms with Crippen LogP contribution in [0.4, 0.5) is 5.69 Å². The molecule has 0 aromatic heterocycles. The molecule has 0 atom stereocenters. The third-order valence-corrected chi connectivity index (χ3v) is 6.83. The fraction of sp³-hybridized carbons (Fsp3) is 0.647. The Morgan fingerprint density at radius 2 is 1.74 bits per heavy atom. The zero-order chi connectivity index (χ0) is 17.2. The first kappa shape index (κ1) is 18.2. The average Bonchev–Trinajstić information content (AvgIpc) is 2.54. The van der Waals surface area contributed by atoms with Crippen molar-refractivity contribution in [3.63, 3.8) is 0 Å². The van der Waals surface area contributed by atoms with Crippen molar-refractivity contribution in [3.8, 4) is 0 Å². The van der Waals surface area contributed by atoms with Crippen molar-refractivity contribution in [1.29, 1.82) is 0 Å². The number of aliphatic hydroxyl groups is 1. The zero-order valence-electron chi connectivity index (χ0n) is 14.5. The Balaban J connectivity index is 2.23. The Bertz CT molecular complexity index is 635. The molecule has 5 nitrogen and oxygen atoms in total. The van der Waals surface area contributed by atoms with Crippen LogP contribution in [0.1, 0.15) is 31.2 Å². The Kier molecular flexibility index (Phi) is 5.70. The Morgan fingerprint density at radius 1 is 1.13 bits per heavy atom. The molecule has 0 radical (unpaired) electrons. The number of hydrogen-bond acceptors (Lipinski definition) is 4. The topological polar surface area (TPSA) is 60.9 Å². The summed E-state index contributed by atoms with van der Waals surface area (Å²) in [7, 11) is 2.01. The van der Waals surface area contributed by atoms with E-state index in [-0.39, 0.29) is 12.6 Å². The van der Waals surface area contributed by atoms with Crippen molar-refractivity contribution in [1.82, 2.24) is 4.31 Å². The molecule has 1 aromatic carbocycles. The standard InChI is InChI=1S/C17H28N2O3S/c1-13-5-10-16(11-17(13)18(2)3)23(21,22)19(4)15-8-6-14(12-20)7-9-15/h5,10-11,14-15,20H,6-9,12H2,1-4H3. The van der Waals surface area contributed by atoms with E-state index in [1.807, 2.05) is 32.0 Å². The Hall–Kier alpha value is -1.11. The van der Waals surface area contributed by atoms with Gasteiger partial charge in [-0.3, -0.25) is 0 Å². The van der Waals surface area contributed by atoms with E-state index in [1.54, 1.807) is 19.2 Å². The number of benzene rings is 1. The van der Waals surface area contributed by atoms with Crippen molar-refractivity contribution in [2.45, 2.75) is 43.5 Å². The summed E-state index contributed by atoms with van der Waals surface area (Å²) in [6, 6.07) is 5.32. The lowest BCUT2D eigenvalue weighted by atomic mass is 9.87. The minimum absolute atomic E-state index is 0.0203. The highest BCUT2D eigenvalue weighted by Gasteiger charge is 2.31. The summed E-state index contributed by atoms with van der Waals surface area (Å²) >= 11 is 0. The zero-order valence-corrected chi connectivity index (χ0v) is 15.3. The molecule has 6 heteroatoms. The lowest BCUT2D eigenvalue weighted by molar-refractivity contribution is 0.159. The van der Waals surface area contributed by atoms with E-state index >= 15 is 0 Å². The predicted octanol–water partition coefficient (Wildman–Crippen LogP) is 2.23. The van der Waals surface area contributed by atoms with E-state index in [9.17, 15) is 13.5 Å². The summed E-state index contributed by atoms with van der Waals surface area (Å²) in [5.41, 5.74) is 1.98. The first-order valence-corrected chi connectivity index (χ1v) is 9.58. The van der Waals surface area contributed by atoms with Gasteiger partial charge in [-0.15, -0.1) is 0 Å². The lowest BCUT2D eigenvalue weighted by Gasteiger charge is -2.33. The molecule has 0 unspecified atom stereocenters. The largest absolute Gasteiger partial charge is 0.396 e. The molecule has 0 saturated heterocycles. The minimum Gasteiger partial charge on any atom is -0.396 e. The normalized spacial score (nSPS) is 22.3. The van der Waals surface area contributed by atoms with E-state index in [1.165, 1.54) is 4.31 Å². The van der Waals surface area contributed by atoms with Crippen LogP contribution in [0.25, 0.3) is 0 Å². The van der Waals surface area contributed by atoms with Crippen LogP contribution in [-0.4, -0.2) is 51.6 Å². The van der Waals surface area contributed by atoms with Crippen LogP contribution >= 0.6 is 0 Å². The van der Waals surface area contributed by atoms with Gasteiger partial charge in [-0.25, -0.2) is 8.42 Å². The highest BCUT2D eigenvalue weighted by molar-refractivity contribution is 7.89. The molecular weight excluding hydrogens is 312 g/mol. The van der Waals surface area contributed by atoms with E-state index < -0.39 is 10.0 Å². The van der Waals surface area contributed by atoms with Gasteiger partial charge in [0.15, 0.2) is 0 Å². The van der Waals surface area contributed by atoms with Crippen LogP contribution < -0.4 is 4.90 Å². The minimum atomic E-state index is -3.49. The maximum atomic E-state index is 12.9. The molecule has 0 spiro atoms. The number of aliphatic hydroxyl groups excluding tert-OH is 1. The summed E-state index contributed by atoms with van der Waals surface area (Å²) in [5.74, 6) is 0.321. The number of sulfonamides is 1. The van der Waals surface area contributed by atoms with Crippen LogP contribution in [0.3, 0.4) is 0 Å². The molecule has 130 valence electrons. The van der Waals surface area contributed by atoms with Gasteiger partial charge in [0.25, 0.3) is 0 Å². The molecule has 1 N–H and O–H groups in total. The second-order valence-corrected chi connectivity index (χ2v) is 8.72. The van der Waals surface area contributed by atoms with E-state index in [0.717, 1.165) is 36.9 Å². The van der Waals surface area contributed by atoms with Crippen molar-refractivity contribution in [2.75, 3.05) is 32.6 Å². The molecule has 1 saturated carbocycles. The van der Waals surface area contributed by atoms with Crippen LogP contribution in [0.5, 0.6) is 0 Å². The quantitative estimate of drug-likeness (QED) is 0.893. The van der Waals surface area contributed by atoms with Gasteiger partial charge < -0.3 is 10.0 Å². The smallest absolute Gasteiger partial charge is 0.243 e. The van der Waals surface area contributed by atoms with E-state index in [4.69, 9.17) is 0 Å². The highest BCUT2D eigenvalue weighted by atomic mass is 32.2. The molecule has 23 heavy (non-hydrogen) atoms. The molecule has 1 aliphatic rings. The maximum Gasteiger partial charge on any atom is 0.243 e. The van der Waals surface area contributed by atoms with Gasteiger partial charge in [0.05, 0.1) is 4.90 Å². The van der Waals surface area contributed by atoms with Gasteiger partial charge in [-0.1, -0.05) is 6.07 Å². The van der Waals surface area contributed by atoms with Gasteiger partial charge in [0.2, 0.25) is 10.0 Å². The monoisotopic (exact) mass is 340 g/mol. The molecular formula is C17H28N2O3S. The predicted molar refractivity (Wildman–Crippen MR) is 93.3 cm³/mol. The van der Waals surface area contributed by atoms with Crippen LogP contribution in [0, 0.1) is 12.8 Å². The fourth-order valence-electron chi connectivity index (χ4n) is 3.29. The lowest BCUT2D eigenvalue weighted by Crippen LogP contribution is -2.39. The molecule has 1 fully saturated rings. The third kappa shape index (κ3) is 3.87. The second-order valence-electron chi connectivity index (χ2n) is 6.72. The third-order valence-electron chi connectivity index (χ3n) is 4.93.